The van der Waals surface area contributed by atoms with E-state index in [1.165, 1.54) is 0 Å². The van der Waals surface area contributed by atoms with E-state index in [0.717, 1.165) is 29.1 Å². The van der Waals surface area contributed by atoms with Crippen LogP contribution in [0.2, 0.25) is 0 Å². The van der Waals surface area contributed by atoms with Crippen LogP contribution < -0.4 is 4.74 Å². The second-order valence-electron chi connectivity index (χ2n) is 7.89. The van der Waals surface area contributed by atoms with Crippen LogP contribution >= 0.6 is 0 Å². The van der Waals surface area contributed by atoms with E-state index in [0.29, 0.717) is 0 Å². The van der Waals surface area contributed by atoms with Gasteiger partial charge in [-0.15, -0.1) is 0 Å². The largest absolute Gasteiger partial charge is 0.460 e. The summed E-state index contributed by atoms with van der Waals surface area (Å²) in [4.78, 5) is 12.7. The van der Waals surface area contributed by atoms with Crippen LogP contribution in [-0.4, -0.2) is 5.97 Å². The third-order valence-corrected chi connectivity index (χ3v) is 4.95. The molecule has 3 nitrogen and oxygen atoms in total. The van der Waals surface area contributed by atoms with Crippen LogP contribution in [-0.2, 0) is 16.1 Å². The maximum Gasteiger partial charge on any atom is 0.316 e. The molecule has 3 rings (SSSR count). The fourth-order valence-electron chi connectivity index (χ4n) is 3.40. The van der Waals surface area contributed by atoms with Crippen molar-refractivity contribution >= 4 is 5.97 Å². The number of hydrogen-bond donors (Lipinski definition) is 0. The predicted molar refractivity (Wildman–Crippen MR) is 103 cm³/mol. The molecule has 0 saturated heterocycles. The van der Waals surface area contributed by atoms with E-state index < -0.39 is 5.41 Å². The number of allylic oxidation sites excluding steroid dienone is 1. The highest BCUT2D eigenvalue weighted by Gasteiger charge is 2.65. The van der Waals surface area contributed by atoms with Gasteiger partial charge in [0.1, 0.15) is 18.1 Å². The molecule has 0 aliphatic heterocycles. The Balaban J connectivity index is 1.66. The van der Waals surface area contributed by atoms with Gasteiger partial charge in [-0.25, -0.2) is 0 Å². The van der Waals surface area contributed by atoms with Crippen molar-refractivity contribution in [2.24, 2.45) is 10.8 Å². The van der Waals surface area contributed by atoms with Gasteiger partial charge < -0.3 is 9.47 Å². The lowest BCUT2D eigenvalue weighted by molar-refractivity contribution is -0.150. The second kappa shape index (κ2) is 6.99. The van der Waals surface area contributed by atoms with Gasteiger partial charge in [0.2, 0.25) is 0 Å². The van der Waals surface area contributed by atoms with Crippen LogP contribution in [0.25, 0.3) is 0 Å². The van der Waals surface area contributed by atoms with E-state index in [2.05, 4.69) is 19.9 Å². The highest BCUT2D eigenvalue weighted by Crippen LogP contribution is 2.65. The summed E-state index contributed by atoms with van der Waals surface area (Å²) >= 11 is 0. The maximum atomic E-state index is 12.7. The molecule has 1 atom stereocenters. The van der Waals surface area contributed by atoms with E-state index in [-0.39, 0.29) is 18.0 Å². The Hall–Kier alpha value is -2.55. The molecular formula is C23H26O3. The molecule has 0 bridgehead atoms. The Morgan fingerprint density at radius 3 is 2.31 bits per heavy atom. The summed E-state index contributed by atoms with van der Waals surface area (Å²) in [6.07, 6.45) is 2.89. The molecular weight excluding hydrogens is 324 g/mol. The van der Waals surface area contributed by atoms with Crippen LogP contribution in [0.15, 0.2) is 66.2 Å². The first kappa shape index (κ1) is 18.2. The summed E-state index contributed by atoms with van der Waals surface area (Å²) in [5, 5.41) is 0. The summed E-state index contributed by atoms with van der Waals surface area (Å²) in [6, 6.07) is 17.3. The molecule has 0 radical (unpaired) electrons. The van der Waals surface area contributed by atoms with E-state index in [4.69, 9.17) is 9.47 Å². The molecule has 0 spiro atoms. The third-order valence-electron chi connectivity index (χ3n) is 4.95. The Labute approximate surface area is 155 Å². The Kier molecular flexibility index (Phi) is 4.90. The summed E-state index contributed by atoms with van der Waals surface area (Å²) in [6.45, 7) is 8.52. The number of rotatable bonds is 6. The molecule has 0 amide bonds. The molecule has 136 valence electrons. The summed E-state index contributed by atoms with van der Waals surface area (Å²) in [5.74, 6) is 1.37. The highest BCUT2D eigenvalue weighted by molar-refractivity contribution is 5.84. The first-order chi connectivity index (χ1) is 12.3. The average Bonchev–Trinajstić information content (AvgIpc) is 3.15. The lowest BCUT2D eigenvalue weighted by atomic mass is 9.94. The minimum Gasteiger partial charge on any atom is -0.460 e. The molecule has 0 heterocycles. The van der Waals surface area contributed by atoms with Crippen LogP contribution in [0.5, 0.6) is 11.5 Å². The van der Waals surface area contributed by atoms with Crippen molar-refractivity contribution in [1.82, 2.24) is 0 Å². The fraction of sp³-hybridized carbons (Fsp3) is 0.348. The van der Waals surface area contributed by atoms with Gasteiger partial charge in [0.25, 0.3) is 0 Å². The molecule has 2 aromatic rings. The minimum absolute atomic E-state index is 0.0420. The van der Waals surface area contributed by atoms with Gasteiger partial charge in [-0.1, -0.05) is 55.8 Å². The van der Waals surface area contributed by atoms with Gasteiger partial charge in [-0.05, 0) is 55.5 Å². The van der Waals surface area contributed by atoms with Crippen molar-refractivity contribution in [2.75, 3.05) is 0 Å². The maximum absolute atomic E-state index is 12.7. The van der Waals surface area contributed by atoms with Gasteiger partial charge in [-0.2, -0.15) is 0 Å². The molecule has 2 aromatic carbocycles. The average molecular weight is 350 g/mol. The van der Waals surface area contributed by atoms with Gasteiger partial charge in [0.05, 0.1) is 5.41 Å². The van der Waals surface area contributed by atoms with E-state index >= 15 is 0 Å². The minimum atomic E-state index is -0.482. The molecule has 0 N–H and O–H groups in total. The number of esters is 1. The molecule has 1 saturated carbocycles. The topological polar surface area (TPSA) is 35.5 Å². The first-order valence-corrected chi connectivity index (χ1v) is 8.98. The number of carbonyl (C=O) groups is 1. The third kappa shape index (κ3) is 3.82. The second-order valence-corrected chi connectivity index (χ2v) is 7.89. The van der Waals surface area contributed by atoms with Crippen molar-refractivity contribution in [2.45, 2.75) is 40.7 Å². The van der Waals surface area contributed by atoms with Crippen molar-refractivity contribution in [3.63, 3.8) is 0 Å². The fourth-order valence-corrected chi connectivity index (χ4v) is 3.40. The SMILES string of the molecule is CC(C)=CC1(C(=O)OCc2cccc(Oc3ccccc3)c2)CC1(C)C. The van der Waals surface area contributed by atoms with E-state index in [9.17, 15) is 4.79 Å². The van der Waals surface area contributed by atoms with Gasteiger partial charge >= 0.3 is 5.97 Å². The standard InChI is InChI=1S/C23H26O3/c1-17(2)14-23(16-22(23,3)4)21(24)25-15-18-9-8-12-20(13-18)26-19-10-6-5-7-11-19/h5-14H,15-16H2,1-4H3. The van der Waals surface area contributed by atoms with Crippen LogP contribution in [0.3, 0.4) is 0 Å². The lowest BCUT2D eigenvalue weighted by Crippen LogP contribution is -2.22. The molecule has 1 fully saturated rings. The van der Waals surface area contributed by atoms with Crippen LogP contribution in [0.1, 0.15) is 39.7 Å². The smallest absolute Gasteiger partial charge is 0.316 e. The van der Waals surface area contributed by atoms with Crippen LogP contribution in [0, 0.1) is 10.8 Å². The van der Waals surface area contributed by atoms with E-state index in [1.807, 2.05) is 68.4 Å². The van der Waals surface area contributed by atoms with Gasteiger partial charge in [0.15, 0.2) is 0 Å². The molecule has 3 heteroatoms. The molecule has 1 aliphatic carbocycles. The molecule has 1 unspecified atom stereocenters. The number of ether oxygens (including phenoxy) is 2. The lowest BCUT2D eigenvalue weighted by Gasteiger charge is -2.16. The molecule has 1 aliphatic rings. The summed E-state index contributed by atoms with van der Waals surface area (Å²) in [5.41, 5.74) is 1.53. The number of benzene rings is 2. The number of carbonyl (C=O) groups excluding carboxylic acids is 1. The van der Waals surface area contributed by atoms with Crippen molar-refractivity contribution in [3.05, 3.63) is 71.8 Å². The number of hydrogen-bond acceptors (Lipinski definition) is 3. The zero-order valence-corrected chi connectivity index (χ0v) is 15.9. The molecule has 26 heavy (non-hydrogen) atoms. The predicted octanol–water partition coefficient (Wildman–Crippen LogP) is 5.90. The zero-order chi connectivity index (χ0) is 18.8. The van der Waals surface area contributed by atoms with Gasteiger partial charge in [-0.3, -0.25) is 4.79 Å². The van der Waals surface area contributed by atoms with Gasteiger partial charge in [0, 0.05) is 0 Å². The Morgan fingerprint density at radius 1 is 1.04 bits per heavy atom. The number of para-hydroxylation sites is 1. The summed E-state index contributed by atoms with van der Waals surface area (Å²) in [7, 11) is 0. The Morgan fingerprint density at radius 2 is 1.69 bits per heavy atom. The van der Waals surface area contributed by atoms with Crippen molar-refractivity contribution in [1.29, 1.82) is 0 Å². The van der Waals surface area contributed by atoms with E-state index in [1.54, 1.807) is 0 Å². The summed E-state index contributed by atoms with van der Waals surface area (Å²) < 4.78 is 11.5. The molecule has 0 aromatic heterocycles. The quantitative estimate of drug-likeness (QED) is 0.480. The first-order valence-electron chi connectivity index (χ1n) is 8.98. The normalized spacial score (nSPS) is 20.2. The highest BCUT2D eigenvalue weighted by atomic mass is 16.5. The van der Waals surface area contributed by atoms with Crippen molar-refractivity contribution in [3.8, 4) is 11.5 Å². The van der Waals surface area contributed by atoms with Crippen LogP contribution in [0.4, 0.5) is 0 Å². The Bertz CT molecular complexity index is 816. The van der Waals surface area contributed by atoms with Crippen molar-refractivity contribution < 1.29 is 14.3 Å². The zero-order valence-electron chi connectivity index (χ0n) is 15.9. The monoisotopic (exact) mass is 350 g/mol.